The van der Waals surface area contributed by atoms with Gasteiger partial charge in [-0.2, -0.15) is 0 Å². The highest BCUT2D eigenvalue weighted by molar-refractivity contribution is 6.65. The Kier molecular flexibility index (Phi) is 4.02. The molecular weight excluding hydrogens is 352 g/mol. The van der Waals surface area contributed by atoms with E-state index in [0.29, 0.717) is 16.7 Å². The van der Waals surface area contributed by atoms with Gasteiger partial charge in [0, 0.05) is 16.7 Å². The Morgan fingerprint density at radius 3 is 2.46 bits per heavy atom. The summed E-state index contributed by atoms with van der Waals surface area (Å²) in [5.74, 6) is 1.05. The van der Waals surface area contributed by atoms with E-state index in [9.17, 15) is 0 Å². The summed E-state index contributed by atoms with van der Waals surface area (Å²) in [6, 6.07) is 9.03. The van der Waals surface area contributed by atoms with Crippen LogP contribution in [0.5, 0.6) is 11.6 Å². The van der Waals surface area contributed by atoms with Crippen molar-refractivity contribution in [3.8, 4) is 11.6 Å². The molecule has 1 aliphatic heterocycles. The molecular formula is C19H19BClNO4. The Bertz CT molecular complexity index is 953. The van der Waals surface area contributed by atoms with Crippen LogP contribution in [0.15, 0.2) is 47.2 Å². The van der Waals surface area contributed by atoms with Crippen molar-refractivity contribution in [3.63, 3.8) is 0 Å². The summed E-state index contributed by atoms with van der Waals surface area (Å²) in [6.45, 7) is 8.04. The van der Waals surface area contributed by atoms with Crippen molar-refractivity contribution in [2.24, 2.45) is 0 Å². The molecule has 3 aromatic rings. The van der Waals surface area contributed by atoms with Crippen molar-refractivity contribution in [2.75, 3.05) is 0 Å². The van der Waals surface area contributed by atoms with Gasteiger partial charge in [0.05, 0.1) is 22.9 Å². The van der Waals surface area contributed by atoms with Gasteiger partial charge in [-0.25, -0.2) is 4.98 Å². The number of ether oxygens (including phenoxy) is 1. The molecule has 1 fully saturated rings. The zero-order valence-corrected chi connectivity index (χ0v) is 15.8. The summed E-state index contributed by atoms with van der Waals surface area (Å²) in [5.41, 5.74) is 0.649. The number of benzene rings is 1. The molecule has 0 bridgehead atoms. The largest absolute Gasteiger partial charge is 0.496 e. The van der Waals surface area contributed by atoms with Crippen molar-refractivity contribution in [1.29, 1.82) is 0 Å². The van der Waals surface area contributed by atoms with Crippen LogP contribution in [0.2, 0.25) is 5.02 Å². The van der Waals surface area contributed by atoms with E-state index in [1.165, 1.54) is 0 Å². The zero-order valence-electron chi connectivity index (χ0n) is 15.1. The molecule has 134 valence electrons. The van der Waals surface area contributed by atoms with Crippen molar-refractivity contribution < 1.29 is 18.5 Å². The van der Waals surface area contributed by atoms with Gasteiger partial charge >= 0.3 is 7.12 Å². The quantitative estimate of drug-likeness (QED) is 0.631. The molecule has 0 aliphatic carbocycles. The lowest BCUT2D eigenvalue weighted by Crippen LogP contribution is -2.41. The van der Waals surface area contributed by atoms with E-state index < -0.39 is 18.3 Å². The van der Waals surface area contributed by atoms with Crippen molar-refractivity contribution in [1.82, 2.24) is 4.98 Å². The number of aromatic nitrogens is 1. The second-order valence-corrected chi connectivity index (χ2v) is 7.73. The predicted octanol–water partition coefficient (Wildman–Crippen LogP) is 4.57. The summed E-state index contributed by atoms with van der Waals surface area (Å²) >= 11 is 6.48. The average Bonchev–Trinajstić information content (AvgIpc) is 3.10. The zero-order chi connectivity index (χ0) is 18.5. The monoisotopic (exact) mass is 371 g/mol. The topological polar surface area (TPSA) is 53.7 Å². The first-order chi connectivity index (χ1) is 12.3. The van der Waals surface area contributed by atoms with E-state index in [1.54, 1.807) is 24.6 Å². The number of hydrogen-bond donors (Lipinski definition) is 0. The minimum absolute atomic E-state index is 0.420. The van der Waals surface area contributed by atoms with E-state index in [-0.39, 0.29) is 0 Å². The summed E-state index contributed by atoms with van der Waals surface area (Å²) in [6.07, 6.45) is 3.25. The van der Waals surface area contributed by atoms with Crippen molar-refractivity contribution >= 4 is 35.2 Å². The number of hydrogen-bond acceptors (Lipinski definition) is 5. The third-order valence-corrected chi connectivity index (χ3v) is 5.36. The van der Waals surface area contributed by atoms with Crippen LogP contribution in [-0.2, 0) is 9.31 Å². The Balaban J connectivity index is 1.60. The molecule has 0 amide bonds. The maximum Gasteiger partial charge on any atom is 0.496 e. The van der Waals surface area contributed by atoms with E-state index in [1.807, 2.05) is 45.9 Å². The lowest BCUT2D eigenvalue weighted by atomic mass is 9.79. The number of pyridine rings is 1. The molecule has 0 N–H and O–H groups in total. The van der Waals surface area contributed by atoms with Crippen LogP contribution in [0.25, 0.3) is 11.0 Å². The van der Waals surface area contributed by atoms with Crippen LogP contribution in [0.4, 0.5) is 0 Å². The van der Waals surface area contributed by atoms with Gasteiger partial charge in [-0.1, -0.05) is 17.7 Å². The van der Waals surface area contributed by atoms with E-state index in [4.69, 9.17) is 30.1 Å². The van der Waals surface area contributed by atoms with Crippen LogP contribution in [0, 0.1) is 0 Å². The fourth-order valence-electron chi connectivity index (χ4n) is 2.79. The van der Waals surface area contributed by atoms with Crippen molar-refractivity contribution in [2.45, 2.75) is 38.9 Å². The highest BCUT2D eigenvalue weighted by Gasteiger charge is 2.52. The Morgan fingerprint density at radius 2 is 1.77 bits per heavy atom. The molecule has 1 aromatic carbocycles. The summed E-state index contributed by atoms with van der Waals surface area (Å²) in [4.78, 5) is 4.27. The lowest BCUT2D eigenvalue weighted by Gasteiger charge is -2.32. The number of furan rings is 1. The molecule has 2 aromatic heterocycles. The first kappa shape index (κ1) is 17.4. The van der Waals surface area contributed by atoms with Gasteiger partial charge < -0.3 is 18.5 Å². The van der Waals surface area contributed by atoms with Gasteiger partial charge in [0.2, 0.25) is 5.88 Å². The molecule has 7 heteroatoms. The smallest absolute Gasteiger partial charge is 0.464 e. The third-order valence-electron chi connectivity index (χ3n) is 5.04. The van der Waals surface area contributed by atoms with E-state index in [2.05, 4.69) is 4.98 Å². The maximum atomic E-state index is 6.48. The molecule has 1 aliphatic rings. The molecule has 3 heterocycles. The molecule has 0 atom stereocenters. The average molecular weight is 372 g/mol. The summed E-state index contributed by atoms with van der Waals surface area (Å²) in [7, 11) is -0.517. The molecule has 1 saturated heterocycles. The molecule has 0 unspecified atom stereocenters. The molecule has 0 saturated carbocycles. The van der Waals surface area contributed by atoms with Gasteiger partial charge in [0.1, 0.15) is 11.3 Å². The van der Waals surface area contributed by atoms with E-state index >= 15 is 0 Å². The van der Waals surface area contributed by atoms with E-state index in [0.717, 1.165) is 16.4 Å². The molecule has 26 heavy (non-hydrogen) atoms. The minimum Gasteiger partial charge on any atom is -0.464 e. The lowest BCUT2D eigenvalue weighted by molar-refractivity contribution is 0.00578. The first-order valence-electron chi connectivity index (χ1n) is 8.42. The predicted molar refractivity (Wildman–Crippen MR) is 101 cm³/mol. The Labute approximate surface area is 157 Å². The molecule has 4 rings (SSSR count). The van der Waals surface area contributed by atoms with Crippen LogP contribution < -0.4 is 10.2 Å². The molecule has 0 radical (unpaired) electrons. The van der Waals surface area contributed by atoms with Crippen LogP contribution in [-0.4, -0.2) is 23.3 Å². The number of fused-ring (bicyclic) bond motifs is 1. The third kappa shape index (κ3) is 2.88. The first-order valence-corrected chi connectivity index (χ1v) is 8.80. The second kappa shape index (κ2) is 6.01. The van der Waals surface area contributed by atoms with Gasteiger partial charge in [0.15, 0.2) is 0 Å². The highest BCUT2D eigenvalue weighted by Crippen LogP contribution is 2.37. The van der Waals surface area contributed by atoms with Crippen molar-refractivity contribution in [3.05, 3.63) is 47.8 Å². The Hall–Kier alpha value is -2.02. The number of halogens is 1. The second-order valence-electron chi connectivity index (χ2n) is 7.32. The highest BCUT2D eigenvalue weighted by atomic mass is 35.5. The minimum atomic E-state index is -0.517. The van der Waals surface area contributed by atoms with Gasteiger partial charge in [-0.05, 0) is 52.0 Å². The van der Waals surface area contributed by atoms with Gasteiger partial charge in [0.25, 0.3) is 0 Å². The van der Waals surface area contributed by atoms with Crippen LogP contribution in [0.3, 0.4) is 0 Å². The van der Waals surface area contributed by atoms with Gasteiger partial charge in [-0.3, -0.25) is 0 Å². The summed E-state index contributed by atoms with van der Waals surface area (Å²) in [5, 5.41) is 1.32. The molecule has 0 spiro atoms. The van der Waals surface area contributed by atoms with Crippen LogP contribution >= 0.6 is 11.6 Å². The number of nitrogens with zero attached hydrogens (tertiary/aromatic N) is 1. The Morgan fingerprint density at radius 1 is 1.04 bits per heavy atom. The van der Waals surface area contributed by atoms with Crippen LogP contribution in [0.1, 0.15) is 27.7 Å². The fourth-order valence-corrected chi connectivity index (χ4v) is 3.05. The number of rotatable bonds is 3. The fraction of sp³-hybridized carbons (Fsp3) is 0.316. The van der Waals surface area contributed by atoms with Gasteiger partial charge in [-0.15, -0.1) is 0 Å². The standard InChI is InChI=1S/C19H19BClNO4/c1-18(2)19(3,4)26-20(25-18)14-6-5-12(11-15(14)21)24-17-13-8-10-23-16(13)7-9-22-17/h5-11H,1-4H3. The normalized spacial score (nSPS) is 18.4. The SMILES string of the molecule is CC1(C)OB(c2ccc(Oc3nccc4occc34)cc2Cl)OC1(C)C. The molecule has 5 nitrogen and oxygen atoms in total. The maximum absolute atomic E-state index is 6.48. The summed E-state index contributed by atoms with van der Waals surface area (Å²) < 4.78 is 23.4.